The van der Waals surface area contributed by atoms with Gasteiger partial charge in [0.25, 0.3) is 0 Å². The van der Waals surface area contributed by atoms with Crippen molar-refractivity contribution in [3.05, 3.63) is 65.7 Å². The number of likely N-dealkylation sites (tertiary alicyclic amines) is 1. The van der Waals surface area contributed by atoms with Crippen molar-refractivity contribution in [1.82, 2.24) is 4.90 Å². The van der Waals surface area contributed by atoms with Crippen LogP contribution in [0, 0.1) is 6.92 Å². The van der Waals surface area contributed by atoms with Crippen LogP contribution in [0.2, 0.25) is 0 Å². The lowest BCUT2D eigenvalue weighted by Gasteiger charge is -2.36. The van der Waals surface area contributed by atoms with Crippen molar-refractivity contribution in [3.63, 3.8) is 0 Å². The van der Waals surface area contributed by atoms with Gasteiger partial charge in [-0.15, -0.1) is 0 Å². The van der Waals surface area contributed by atoms with Crippen molar-refractivity contribution in [3.8, 4) is 0 Å². The Morgan fingerprint density at radius 2 is 1.78 bits per heavy atom. The second-order valence-electron chi connectivity index (χ2n) is 6.30. The lowest BCUT2D eigenvalue weighted by molar-refractivity contribution is 0.184. The van der Waals surface area contributed by atoms with Gasteiger partial charge in [0.05, 0.1) is 0 Å². The predicted octanol–water partition coefficient (Wildman–Crippen LogP) is 3.34. The highest BCUT2D eigenvalue weighted by molar-refractivity contribution is 5.89. The topological polar surface area (TPSA) is 58.4 Å². The first kappa shape index (κ1) is 15.6. The molecule has 4 heteroatoms. The van der Waals surface area contributed by atoms with Gasteiger partial charge in [-0.3, -0.25) is 0 Å². The number of piperidine rings is 1. The molecular formula is C19H23N3O. The van der Waals surface area contributed by atoms with E-state index in [0.717, 1.165) is 12.1 Å². The lowest BCUT2D eigenvalue weighted by Crippen LogP contribution is -2.50. The van der Waals surface area contributed by atoms with Crippen molar-refractivity contribution in [1.29, 1.82) is 0 Å². The summed E-state index contributed by atoms with van der Waals surface area (Å²) in [4.78, 5) is 14.3. The van der Waals surface area contributed by atoms with Gasteiger partial charge in [0.1, 0.15) is 0 Å². The number of urea groups is 1. The summed E-state index contributed by atoms with van der Waals surface area (Å²) in [6.07, 6.45) is 0.915. The van der Waals surface area contributed by atoms with Crippen LogP contribution in [0.15, 0.2) is 54.6 Å². The molecule has 3 rings (SSSR count). The number of rotatable bonds is 2. The molecule has 1 aliphatic heterocycles. The molecule has 1 fully saturated rings. The number of aryl methyl sites for hydroxylation is 1. The fraction of sp³-hybridized carbons (Fsp3) is 0.316. The molecule has 1 heterocycles. The summed E-state index contributed by atoms with van der Waals surface area (Å²) in [5.41, 5.74) is 9.50. The van der Waals surface area contributed by atoms with Crippen LogP contribution in [0.5, 0.6) is 0 Å². The first-order valence-electron chi connectivity index (χ1n) is 8.05. The Morgan fingerprint density at radius 3 is 2.48 bits per heavy atom. The van der Waals surface area contributed by atoms with Crippen LogP contribution in [-0.4, -0.2) is 30.1 Å². The van der Waals surface area contributed by atoms with Crippen molar-refractivity contribution in [2.75, 3.05) is 18.4 Å². The molecule has 2 aromatic carbocycles. The number of hydrogen-bond donors (Lipinski definition) is 2. The SMILES string of the molecule is Cc1ccc(C2CC(N)CN(C(=O)Nc3ccccc3)C2)cc1. The Bertz CT molecular complexity index is 654. The maximum absolute atomic E-state index is 12.5. The summed E-state index contributed by atoms with van der Waals surface area (Å²) < 4.78 is 0. The van der Waals surface area contributed by atoms with E-state index in [1.807, 2.05) is 35.2 Å². The van der Waals surface area contributed by atoms with Crippen LogP contribution in [0.1, 0.15) is 23.5 Å². The Kier molecular flexibility index (Phi) is 4.63. The second-order valence-corrected chi connectivity index (χ2v) is 6.30. The standard InChI is InChI=1S/C19H23N3O/c1-14-7-9-15(10-8-14)16-11-17(20)13-22(12-16)19(23)21-18-5-3-2-4-6-18/h2-10,16-17H,11-13,20H2,1H3,(H,21,23). The highest BCUT2D eigenvalue weighted by Gasteiger charge is 2.29. The van der Waals surface area contributed by atoms with Gasteiger partial charge in [-0.1, -0.05) is 48.0 Å². The van der Waals surface area contributed by atoms with Crippen molar-refractivity contribution >= 4 is 11.7 Å². The van der Waals surface area contributed by atoms with Gasteiger partial charge < -0.3 is 16.0 Å². The van der Waals surface area contributed by atoms with Gasteiger partial charge in [0.15, 0.2) is 0 Å². The molecule has 2 amide bonds. The smallest absolute Gasteiger partial charge is 0.321 e. The van der Waals surface area contributed by atoms with Crippen LogP contribution in [0.4, 0.5) is 10.5 Å². The zero-order chi connectivity index (χ0) is 16.2. The quantitative estimate of drug-likeness (QED) is 0.894. The number of carbonyl (C=O) groups is 1. The van der Waals surface area contributed by atoms with Gasteiger partial charge >= 0.3 is 6.03 Å². The van der Waals surface area contributed by atoms with E-state index in [9.17, 15) is 4.79 Å². The van der Waals surface area contributed by atoms with Gasteiger partial charge in [-0.2, -0.15) is 0 Å². The number of nitrogens with two attached hydrogens (primary N) is 1. The molecule has 1 saturated heterocycles. The number of nitrogens with one attached hydrogen (secondary N) is 1. The van der Waals surface area contributed by atoms with Crippen LogP contribution in [0.25, 0.3) is 0 Å². The van der Waals surface area contributed by atoms with E-state index in [0.29, 0.717) is 19.0 Å². The number of para-hydroxylation sites is 1. The molecule has 3 N–H and O–H groups in total. The molecule has 120 valence electrons. The third-order valence-electron chi connectivity index (χ3n) is 4.34. The summed E-state index contributed by atoms with van der Waals surface area (Å²) in [6, 6.07) is 18.0. The summed E-state index contributed by atoms with van der Waals surface area (Å²) >= 11 is 0. The molecule has 4 nitrogen and oxygen atoms in total. The zero-order valence-electron chi connectivity index (χ0n) is 13.4. The molecule has 2 atom stereocenters. The van der Waals surface area contributed by atoms with E-state index >= 15 is 0 Å². The van der Waals surface area contributed by atoms with Crippen molar-refractivity contribution in [2.24, 2.45) is 5.73 Å². The predicted molar refractivity (Wildman–Crippen MR) is 93.5 cm³/mol. The molecule has 2 unspecified atom stereocenters. The van der Waals surface area contributed by atoms with E-state index < -0.39 is 0 Å². The molecule has 0 aromatic heterocycles. The monoisotopic (exact) mass is 309 g/mol. The molecule has 0 bridgehead atoms. The van der Waals surface area contributed by atoms with Crippen LogP contribution in [-0.2, 0) is 0 Å². The molecule has 0 saturated carbocycles. The molecule has 1 aliphatic rings. The fourth-order valence-corrected chi connectivity index (χ4v) is 3.11. The van der Waals surface area contributed by atoms with E-state index in [2.05, 4.69) is 36.5 Å². The molecule has 0 aliphatic carbocycles. The number of nitrogens with zero attached hydrogens (tertiary/aromatic N) is 1. The van der Waals surface area contributed by atoms with Crippen LogP contribution >= 0.6 is 0 Å². The first-order chi connectivity index (χ1) is 11.1. The normalized spacial score (nSPS) is 21.0. The van der Waals surface area contributed by atoms with Crippen LogP contribution < -0.4 is 11.1 Å². The zero-order valence-corrected chi connectivity index (χ0v) is 13.4. The molecular weight excluding hydrogens is 286 g/mol. The summed E-state index contributed by atoms with van der Waals surface area (Å²) in [5.74, 6) is 0.292. The maximum atomic E-state index is 12.5. The fourth-order valence-electron chi connectivity index (χ4n) is 3.11. The summed E-state index contributed by atoms with van der Waals surface area (Å²) in [7, 11) is 0. The van der Waals surface area contributed by atoms with Gasteiger partial charge in [-0.05, 0) is 31.0 Å². The van der Waals surface area contributed by atoms with Crippen molar-refractivity contribution in [2.45, 2.75) is 25.3 Å². The number of benzene rings is 2. The average Bonchev–Trinajstić information content (AvgIpc) is 2.56. The Labute approximate surface area is 137 Å². The Hall–Kier alpha value is -2.33. The molecule has 0 radical (unpaired) electrons. The molecule has 0 spiro atoms. The Balaban J connectivity index is 1.70. The number of amides is 2. The average molecular weight is 309 g/mol. The van der Waals surface area contributed by atoms with Gasteiger partial charge in [-0.25, -0.2) is 4.79 Å². The highest BCUT2D eigenvalue weighted by Crippen LogP contribution is 2.27. The molecule has 2 aromatic rings. The minimum absolute atomic E-state index is 0.0107. The van der Waals surface area contributed by atoms with Crippen LogP contribution in [0.3, 0.4) is 0 Å². The van der Waals surface area contributed by atoms with Gasteiger partial charge in [0, 0.05) is 30.7 Å². The number of anilines is 1. The summed E-state index contributed by atoms with van der Waals surface area (Å²) in [6.45, 7) is 3.38. The van der Waals surface area contributed by atoms with Crippen molar-refractivity contribution < 1.29 is 4.79 Å². The second kappa shape index (κ2) is 6.84. The van der Waals surface area contributed by atoms with E-state index in [4.69, 9.17) is 5.73 Å². The molecule has 23 heavy (non-hydrogen) atoms. The Morgan fingerprint density at radius 1 is 1.09 bits per heavy atom. The summed E-state index contributed by atoms with van der Waals surface area (Å²) in [5, 5.41) is 2.94. The maximum Gasteiger partial charge on any atom is 0.321 e. The van der Waals surface area contributed by atoms with Gasteiger partial charge in [0.2, 0.25) is 0 Å². The van der Waals surface area contributed by atoms with E-state index in [-0.39, 0.29) is 12.1 Å². The third-order valence-corrected chi connectivity index (χ3v) is 4.34. The largest absolute Gasteiger partial charge is 0.326 e. The minimum Gasteiger partial charge on any atom is -0.326 e. The number of carbonyl (C=O) groups excluding carboxylic acids is 1. The lowest BCUT2D eigenvalue weighted by atomic mass is 9.88. The minimum atomic E-state index is -0.0801. The first-order valence-corrected chi connectivity index (χ1v) is 8.05. The highest BCUT2D eigenvalue weighted by atomic mass is 16.2. The third kappa shape index (κ3) is 3.90. The van der Waals surface area contributed by atoms with E-state index in [1.165, 1.54) is 11.1 Å². The number of hydrogen-bond acceptors (Lipinski definition) is 2. The van der Waals surface area contributed by atoms with E-state index in [1.54, 1.807) is 0 Å².